The zero-order valence-corrected chi connectivity index (χ0v) is 38.7. The number of aliphatic hydroxyl groups excluding tert-OH is 1. The van der Waals surface area contributed by atoms with E-state index in [1.54, 1.807) is 6.08 Å². The first-order valence-electron chi connectivity index (χ1n) is 23.5. The number of phosphoric ester groups is 1. The van der Waals surface area contributed by atoms with E-state index in [-0.39, 0.29) is 12.5 Å². The number of likely N-dealkylation sites (N-methyl/N-ethyl adjacent to an activating group) is 1. The van der Waals surface area contributed by atoms with Crippen LogP contribution in [0.15, 0.2) is 48.6 Å². The van der Waals surface area contributed by atoms with Gasteiger partial charge in [0.15, 0.2) is 0 Å². The van der Waals surface area contributed by atoms with Crippen LogP contribution >= 0.6 is 7.82 Å². The Morgan fingerprint density at radius 2 is 1.09 bits per heavy atom. The van der Waals surface area contributed by atoms with Crippen LogP contribution in [0.1, 0.15) is 200 Å². The second-order valence-electron chi connectivity index (χ2n) is 17.1. The third-order valence-corrected chi connectivity index (χ3v) is 11.2. The molecule has 0 bridgehead atoms. The predicted octanol–water partition coefficient (Wildman–Crippen LogP) is 12.6. The van der Waals surface area contributed by atoms with Gasteiger partial charge in [-0.05, 0) is 57.8 Å². The molecule has 0 aromatic heterocycles. The van der Waals surface area contributed by atoms with Crippen molar-refractivity contribution < 1.29 is 32.9 Å². The lowest BCUT2D eigenvalue weighted by molar-refractivity contribution is -0.870. The molecule has 1 amide bonds. The molecule has 0 radical (unpaired) electrons. The Labute approximate surface area is 352 Å². The number of nitrogens with zero attached hydrogens (tertiary/aromatic N) is 1. The average molecular weight is 823 g/mol. The second kappa shape index (κ2) is 39.9. The van der Waals surface area contributed by atoms with E-state index in [4.69, 9.17) is 9.05 Å². The first-order chi connectivity index (χ1) is 27.5. The highest BCUT2D eigenvalue weighted by atomic mass is 31.2. The number of carbonyl (C=O) groups excluding carboxylic acids is 1. The summed E-state index contributed by atoms with van der Waals surface area (Å²) in [5, 5.41) is 13.8. The third kappa shape index (κ3) is 42.4. The molecule has 2 N–H and O–H groups in total. The third-order valence-electron chi connectivity index (χ3n) is 10.3. The van der Waals surface area contributed by atoms with Crippen molar-refractivity contribution in [3.63, 3.8) is 0 Å². The van der Waals surface area contributed by atoms with Crippen molar-refractivity contribution in [3.8, 4) is 0 Å². The van der Waals surface area contributed by atoms with Crippen molar-refractivity contribution in [2.24, 2.45) is 0 Å². The van der Waals surface area contributed by atoms with Gasteiger partial charge in [-0.15, -0.1) is 0 Å². The summed E-state index contributed by atoms with van der Waals surface area (Å²) in [4.78, 5) is 25.3. The normalized spacial score (nSPS) is 14.7. The molecule has 0 spiro atoms. The van der Waals surface area contributed by atoms with Crippen LogP contribution in [-0.2, 0) is 18.4 Å². The molecule has 0 aliphatic rings. The van der Waals surface area contributed by atoms with Crippen molar-refractivity contribution in [2.75, 3.05) is 40.9 Å². The molecule has 57 heavy (non-hydrogen) atoms. The molecule has 0 saturated heterocycles. The maximum absolute atomic E-state index is 12.9. The number of carbonyl (C=O) groups is 1. The SMILES string of the molecule is CC/C=C\C/C=C\CCCCCCCCCCCCCCCCC(=O)NC(COP(=O)([O-])OCC[N+](C)(C)C)C(O)/C=C/CC/C=C/CCCCCCCCCC. The maximum Gasteiger partial charge on any atom is 0.268 e. The molecule has 3 unspecified atom stereocenters. The Kier molecular flexibility index (Phi) is 38.8. The van der Waals surface area contributed by atoms with Gasteiger partial charge >= 0.3 is 0 Å². The first-order valence-corrected chi connectivity index (χ1v) is 25.0. The van der Waals surface area contributed by atoms with Crippen LogP contribution in [0.5, 0.6) is 0 Å². The summed E-state index contributed by atoms with van der Waals surface area (Å²) in [6, 6.07) is -0.902. The summed E-state index contributed by atoms with van der Waals surface area (Å²) in [6.07, 6.45) is 50.2. The average Bonchev–Trinajstić information content (AvgIpc) is 3.16. The van der Waals surface area contributed by atoms with Crippen molar-refractivity contribution in [2.45, 2.75) is 212 Å². The fourth-order valence-electron chi connectivity index (χ4n) is 6.56. The minimum Gasteiger partial charge on any atom is -0.756 e. The smallest absolute Gasteiger partial charge is 0.268 e. The van der Waals surface area contributed by atoms with Gasteiger partial charge in [-0.2, -0.15) is 0 Å². The molecule has 0 saturated carbocycles. The van der Waals surface area contributed by atoms with Gasteiger partial charge in [0, 0.05) is 6.42 Å². The largest absolute Gasteiger partial charge is 0.756 e. The molecule has 0 fully saturated rings. The maximum atomic E-state index is 12.9. The van der Waals surface area contributed by atoms with Crippen LogP contribution in [0.4, 0.5) is 0 Å². The second-order valence-corrected chi connectivity index (χ2v) is 18.5. The Morgan fingerprint density at radius 3 is 1.61 bits per heavy atom. The number of allylic oxidation sites excluding steroid dienone is 7. The van der Waals surface area contributed by atoms with E-state index >= 15 is 0 Å². The van der Waals surface area contributed by atoms with Crippen LogP contribution in [0, 0.1) is 0 Å². The van der Waals surface area contributed by atoms with Gasteiger partial charge in [-0.1, -0.05) is 184 Å². The number of quaternary nitrogens is 1. The summed E-state index contributed by atoms with van der Waals surface area (Å²) in [5.74, 6) is -0.209. The minimum absolute atomic E-state index is 0.00694. The molecule has 334 valence electrons. The number of phosphoric acid groups is 1. The highest BCUT2D eigenvalue weighted by molar-refractivity contribution is 7.45. The van der Waals surface area contributed by atoms with Gasteiger partial charge < -0.3 is 28.8 Å². The fourth-order valence-corrected chi connectivity index (χ4v) is 7.28. The molecule has 0 aromatic carbocycles. The predicted molar refractivity (Wildman–Crippen MR) is 242 cm³/mol. The van der Waals surface area contributed by atoms with E-state index < -0.39 is 26.6 Å². The minimum atomic E-state index is -4.60. The summed E-state index contributed by atoms with van der Waals surface area (Å²) < 4.78 is 23.2. The Balaban J connectivity index is 4.35. The van der Waals surface area contributed by atoms with Gasteiger partial charge in [0.25, 0.3) is 7.82 Å². The lowest BCUT2D eigenvalue weighted by atomic mass is 10.0. The zero-order chi connectivity index (χ0) is 42.1. The summed E-state index contributed by atoms with van der Waals surface area (Å²) in [5.41, 5.74) is 0. The molecular weight excluding hydrogens is 732 g/mol. The summed E-state index contributed by atoms with van der Waals surface area (Å²) in [7, 11) is 1.24. The number of rotatable bonds is 42. The molecule has 0 rings (SSSR count). The van der Waals surface area contributed by atoms with Crippen LogP contribution < -0.4 is 10.2 Å². The van der Waals surface area contributed by atoms with Gasteiger partial charge in [0.2, 0.25) is 5.91 Å². The van der Waals surface area contributed by atoms with Crippen LogP contribution in [0.25, 0.3) is 0 Å². The van der Waals surface area contributed by atoms with Gasteiger partial charge in [-0.3, -0.25) is 9.36 Å². The van der Waals surface area contributed by atoms with Gasteiger partial charge in [0.1, 0.15) is 13.2 Å². The van der Waals surface area contributed by atoms with Crippen LogP contribution in [0.2, 0.25) is 0 Å². The highest BCUT2D eigenvalue weighted by Gasteiger charge is 2.23. The molecule has 9 heteroatoms. The van der Waals surface area contributed by atoms with Gasteiger partial charge in [-0.25, -0.2) is 0 Å². The highest BCUT2D eigenvalue weighted by Crippen LogP contribution is 2.38. The Hall–Kier alpha value is -1.54. The van der Waals surface area contributed by atoms with Crippen LogP contribution in [-0.4, -0.2) is 68.5 Å². The number of nitrogens with one attached hydrogen (secondary N) is 1. The lowest BCUT2D eigenvalue weighted by Crippen LogP contribution is -2.45. The number of hydrogen-bond acceptors (Lipinski definition) is 6. The standard InChI is InChI=1S/C48H91N2O6P/c1-6-8-10-12-14-16-18-20-22-23-24-25-26-27-28-30-32-34-36-38-40-42-48(52)49-46(45-56-57(53,54)55-44-43-50(3,4)5)47(51)41-39-37-35-33-31-29-21-19-17-15-13-11-9-7-2/h8,10,14,16,31,33,39,41,46-47,51H,6-7,9,11-13,15,17-30,32,34-38,40,42-45H2,1-5H3,(H-,49,52,53,54)/b10-8-,16-14-,33-31+,41-39+. The van der Waals surface area contributed by atoms with E-state index in [0.717, 1.165) is 51.4 Å². The van der Waals surface area contributed by atoms with E-state index in [1.807, 2.05) is 27.2 Å². The number of aliphatic hydroxyl groups is 1. The van der Waals surface area contributed by atoms with Crippen molar-refractivity contribution in [1.82, 2.24) is 5.32 Å². The van der Waals surface area contributed by atoms with Crippen molar-refractivity contribution >= 4 is 13.7 Å². The first kappa shape index (κ1) is 55.5. The summed E-state index contributed by atoms with van der Waals surface area (Å²) >= 11 is 0. The fraction of sp³-hybridized carbons (Fsp3) is 0.812. The zero-order valence-electron chi connectivity index (χ0n) is 37.8. The molecule has 0 aliphatic heterocycles. The quantitative estimate of drug-likeness (QED) is 0.0275. The molecular formula is C48H91N2O6P. The van der Waals surface area contributed by atoms with Gasteiger partial charge in [0.05, 0.1) is 39.9 Å². The van der Waals surface area contributed by atoms with E-state index in [0.29, 0.717) is 17.4 Å². The van der Waals surface area contributed by atoms with Crippen molar-refractivity contribution in [1.29, 1.82) is 0 Å². The molecule has 3 atom stereocenters. The van der Waals surface area contributed by atoms with E-state index in [1.165, 1.54) is 128 Å². The molecule has 0 heterocycles. The number of hydrogen-bond donors (Lipinski definition) is 2. The van der Waals surface area contributed by atoms with Crippen LogP contribution in [0.3, 0.4) is 0 Å². The molecule has 0 aliphatic carbocycles. The monoisotopic (exact) mass is 823 g/mol. The Bertz CT molecular complexity index is 1070. The number of amides is 1. The van der Waals surface area contributed by atoms with Crippen molar-refractivity contribution in [3.05, 3.63) is 48.6 Å². The lowest BCUT2D eigenvalue weighted by Gasteiger charge is -2.29. The number of unbranched alkanes of at least 4 members (excludes halogenated alkanes) is 23. The van der Waals surface area contributed by atoms with E-state index in [2.05, 4.69) is 55.6 Å². The molecule has 0 aromatic rings. The Morgan fingerprint density at radius 1 is 0.632 bits per heavy atom. The summed E-state index contributed by atoms with van der Waals surface area (Å²) in [6.45, 7) is 4.52. The molecule has 8 nitrogen and oxygen atoms in total. The topological polar surface area (TPSA) is 108 Å². The van der Waals surface area contributed by atoms with E-state index in [9.17, 15) is 19.4 Å².